The van der Waals surface area contributed by atoms with Crippen molar-refractivity contribution in [2.45, 2.75) is 26.9 Å². The Hall–Kier alpha value is -4.04. The van der Waals surface area contributed by atoms with Crippen molar-refractivity contribution in [3.63, 3.8) is 0 Å². The number of aryl methyl sites for hydroxylation is 1. The Balaban J connectivity index is 1.75. The molecule has 2 amide bonds. The molecule has 0 bridgehead atoms. The van der Waals surface area contributed by atoms with Gasteiger partial charge in [-0.1, -0.05) is 41.9 Å². The van der Waals surface area contributed by atoms with E-state index in [-0.39, 0.29) is 18.9 Å². The monoisotopic (exact) mass is 492 g/mol. The number of fused-ring (bicyclic) bond motifs is 1. The molecule has 0 radical (unpaired) electrons. The summed E-state index contributed by atoms with van der Waals surface area (Å²) in [5, 5.41) is 3.17. The summed E-state index contributed by atoms with van der Waals surface area (Å²) in [6.45, 7) is 2.71. The Morgan fingerprint density at radius 3 is 2.51 bits per heavy atom. The molecule has 1 aromatic heterocycles. The van der Waals surface area contributed by atoms with Gasteiger partial charge in [0.25, 0.3) is 5.56 Å². The van der Waals surface area contributed by atoms with Gasteiger partial charge in [0.1, 0.15) is 12.4 Å². The third-order valence-electron chi connectivity index (χ3n) is 5.52. The molecule has 0 saturated heterocycles. The summed E-state index contributed by atoms with van der Waals surface area (Å²) in [5.74, 6) is -1.40. The predicted octanol–water partition coefficient (Wildman–Crippen LogP) is 4.69. The van der Waals surface area contributed by atoms with Gasteiger partial charge in [-0.05, 0) is 54.4 Å². The third-order valence-corrected chi connectivity index (χ3v) is 5.89. The highest BCUT2D eigenvalue weighted by atomic mass is 35.5. The molecule has 3 aromatic carbocycles. The minimum atomic E-state index is -0.600. The van der Waals surface area contributed by atoms with Gasteiger partial charge < -0.3 is 5.32 Å². The number of benzene rings is 3. The average molecular weight is 493 g/mol. The molecule has 0 saturated carbocycles. The number of carbonyl (C=O) groups is 2. The summed E-state index contributed by atoms with van der Waals surface area (Å²) in [5.41, 5.74) is 1.92. The second-order valence-corrected chi connectivity index (χ2v) is 8.43. The van der Waals surface area contributed by atoms with Crippen molar-refractivity contribution < 1.29 is 14.0 Å². The number of amides is 2. The van der Waals surface area contributed by atoms with Crippen LogP contribution in [0.2, 0.25) is 5.02 Å². The first-order chi connectivity index (χ1) is 16.7. The molecule has 178 valence electrons. The van der Waals surface area contributed by atoms with Crippen molar-refractivity contribution in [1.29, 1.82) is 0 Å². The van der Waals surface area contributed by atoms with Crippen molar-refractivity contribution in [3.05, 3.63) is 99.1 Å². The predicted molar refractivity (Wildman–Crippen MR) is 134 cm³/mol. The Labute approximate surface area is 205 Å². The van der Waals surface area contributed by atoms with Crippen LogP contribution in [0.25, 0.3) is 11.0 Å². The Morgan fingerprint density at radius 2 is 1.80 bits per heavy atom. The third kappa shape index (κ3) is 5.22. The fourth-order valence-corrected chi connectivity index (χ4v) is 3.94. The lowest BCUT2D eigenvalue weighted by atomic mass is 10.2. The van der Waals surface area contributed by atoms with Crippen LogP contribution in [-0.2, 0) is 22.7 Å². The van der Waals surface area contributed by atoms with E-state index in [1.54, 1.807) is 55.5 Å². The van der Waals surface area contributed by atoms with E-state index in [0.29, 0.717) is 32.9 Å². The molecule has 9 heteroatoms. The van der Waals surface area contributed by atoms with E-state index in [2.05, 4.69) is 10.3 Å². The van der Waals surface area contributed by atoms with Gasteiger partial charge in [-0.25, -0.2) is 9.37 Å². The standard InChI is InChI=1S/C26H22ClFN4O3/c1-16-13-19(28)11-12-21(16)29-24(34)15-32-23-10-6-5-9-22(23)30-25(26(32)35)31(17(2)33)14-18-7-3-4-8-20(18)27/h3-13H,14-15H2,1-2H3,(H,29,34). The number of aromatic nitrogens is 2. The minimum absolute atomic E-state index is 0.0383. The Morgan fingerprint density at radius 1 is 1.09 bits per heavy atom. The highest BCUT2D eigenvalue weighted by Gasteiger charge is 2.22. The molecule has 0 fully saturated rings. The molecule has 4 rings (SSSR count). The number of rotatable bonds is 6. The average Bonchev–Trinajstić information content (AvgIpc) is 2.82. The SMILES string of the molecule is CC(=O)N(Cc1ccccc1Cl)c1nc2ccccc2n(CC(=O)Nc2ccc(F)cc2C)c1=O. The van der Waals surface area contributed by atoms with Crippen LogP contribution in [0.5, 0.6) is 0 Å². The molecular weight excluding hydrogens is 471 g/mol. The largest absolute Gasteiger partial charge is 0.324 e. The number of nitrogens with one attached hydrogen (secondary N) is 1. The fourth-order valence-electron chi connectivity index (χ4n) is 3.74. The first-order valence-corrected chi connectivity index (χ1v) is 11.2. The van der Waals surface area contributed by atoms with Gasteiger partial charge in [-0.15, -0.1) is 0 Å². The summed E-state index contributed by atoms with van der Waals surface area (Å²) >= 11 is 6.28. The molecular formula is C26H22ClFN4O3. The zero-order chi connectivity index (χ0) is 25.1. The van der Waals surface area contributed by atoms with Gasteiger partial charge >= 0.3 is 0 Å². The van der Waals surface area contributed by atoms with E-state index >= 15 is 0 Å². The number of nitrogens with zero attached hydrogens (tertiary/aromatic N) is 3. The first kappa shape index (κ1) is 24.1. The van der Waals surface area contributed by atoms with E-state index in [4.69, 9.17) is 11.6 Å². The molecule has 0 aliphatic carbocycles. The van der Waals surface area contributed by atoms with Crippen molar-refractivity contribution >= 4 is 46.0 Å². The van der Waals surface area contributed by atoms with Gasteiger partial charge in [-0.3, -0.25) is 23.9 Å². The van der Waals surface area contributed by atoms with Crippen LogP contribution < -0.4 is 15.8 Å². The van der Waals surface area contributed by atoms with E-state index in [0.717, 1.165) is 0 Å². The zero-order valence-electron chi connectivity index (χ0n) is 19.1. The fraction of sp³-hybridized carbons (Fsp3) is 0.154. The molecule has 0 atom stereocenters. The summed E-state index contributed by atoms with van der Waals surface area (Å²) in [7, 11) is 0. The molecule has 0 aliphatic rings. The van der Waals surface area contributed by atoms with Crippen molar-refractivity contribution in [2.75, 3.05) is 10.2 Å². The Bertz CT molecular complexity index is 1500. The quantitative estimate of drug-likeness (QED) is 0.423. The van der Waals surface area contributed by atoms with Crippen LogP contribution in [-0.4, -0.2) is 21.4 Å². The molecule has 7 nitrogen and oxygen atoms in total. The van der Waals surface area contributed by atoms with Gasteiger partial charge in [0.05, 0.1) is 17.6 Å². The van der Waals surface area contributed by atoms with Crippen LogP contribution in [0.3, 0.4) is 0 Å². The molecule has 4 aromatic rings. The number of hydrogen-bond acceptors (Lipinski definition) is 4. The maximum atomic E-state index is 13.5. The summed E-state index contributed by atoms with van der Waals surface area (Å²) in [6.07, 6.45) is 0. The van der Waals surface area contributed by atoms with Crippen molar-refractivity contribution in [3.8, 4) is 0 Å². The van der Waals surface area contributed by atoms with Crippen LogP contribution in [0.4, 0.5) is 15.9 Å². The highest BCUT2D eigenvalue weighted by molar-refractivity contribution is 6.31. The first-order valence-electron chi connectivity index (χ1n) is 10.8. The summed E-state index contributed by atoms with van der Waals surface area (Å²) in [4.78, 5) is 44.7. The van der Waals surface area contributed by atoms with Gasteiger partial charge in [0.15, 0.2) is 0 Å². The lowest BCUT2D eigenvalue weighted by Crippen LogP contribution is -2.38. The molecule has 1 heterocycles. The number of para-hydroxylation sites is 2. The lowest BCUT2D eigenvalue weighted by Gasteiger charge is -2.22. The maximum absolute atomic E-state index is 13.5. The molecule has 0 aliphatic heterocycles. The van der Waals surface area contributed by atoms with Crippen LogP contribution in [0, 0.1) is 12.7 Å². The highest BCUT2D eigenvalue weighted by Crippen LogP contribution is 2.21. The van der Waals surface area contributed by atoms with E-state index in [1.807, 2.05) is 0 Å². The van der Waals surface area contributed by atoms with Crippen LogP contribution >= 0.6 is 11.6 Å². The minimum Gasteiger partial charge on any atom is -0.324 e. The van der Waals surface area contributed by atoms with Gasteiger partial charge in [0, 0.05) is 17.6 Å². The number of hydrogen-bond donors (Lipinski definition) is 1. The maximum Gasteiger partial charge on any atom is 0.294 e. The summed E-state index contributed by atoms with van der Waals surface area (Å²) in [6, 6.07) is 17.9. The number of carbonyl (C=O) groups excluding carboxylic acids is 2. The van der Waals surface area contributed by atoms with E-state index in [1.165, 1.54) is 34.6 Å². The lowest BCUT2D eigenvalue weighted by molar-refractivity contribution is -0.117. The topological polar surface area (TPSA) is 84.3 Å². The van der Waals surface area contributed by atoms with Crippen molar-refractivity contribution in [2.24, 2.45) is 0 Å². The van der Waals surface area contributed by atoms with Crippen LogP contribution in [0.1, 0.15) is 18.1 Å². The van der Waals surface area contributed by atoms with Crippen molar-refractivity contribution in [1.82, 2.24) is 9.55 Å². The molecule has 0 spiro atoms. The molecule has 1 N–H and O–H groups in total. The second kappa shape index (κ2) is 10.1. The molecule has 35 heavy (non-hydrogen) atoms. The van der Waals surface area contributed by atoms with E-state index < -0.39 is 23.2 Å². The summed E-state index contributed by atoms with van der Waals surface area (Å²) < 4.78 is 14.7. The van der Waals surface area contributed by atoms with Crippen LogP contribution in [0.15, 0.2) is 71.5 Å². The normalized spacial score (nSPS) is 10.9. The number of halogens is 2. The smallest absolute Gasteiger partial charge is 0.294 e. The van der Waals surface area contributed by atoms with Gasteiger partial charge in [0.2, 0.25) is 17.6 Å². The Kier molecular flexibility index (Phi) is 6.93. The number of anilines is 2. The zero-order valence-corrected chi connectivity index (χ0v) is 19.8. The molecule has 0 unspecified atom stereocenters. The van der Waals surface area contributed by atoms with E-state index in [9.17, 15) is 18.8 Å². The second-order valence-electron chi connectivity index (χ2n) is 8.02. The van der Waals surface area contributed by atoms with Gasteiger partial charge in [-0.2, -0.15) is 0 Å².